The Morgan fingerprint density at radius 1 is 1.18 bits per heavy atom. The third-order valence-electron chi connectivity index (χ3n) is 4.35. The molecule has 2 aromatic rings. The summed E-state index contributed by atoms with van der Waals surface area (Å²) in [6.07, 6.45) is 1.15. The molecule has 0 unspecified atom stereocenters. The SMILES string of the molecule is COc1ccc([C@H]2C[C@H](C)CN2Cc2ccc(CO)o2)cc1. The molecule has 0 radical (unpaired) electrons. The molecule has 118 valence electrons. The average molecular weight is 301 g/mol. The average Bonchev–Trinajstić information content (AvgIpc) is 3.14. The van der Waals surface area contributed by atoms with Crippen LogP contribution in [-0.4, -0.2) is 23.7 Å². The van der Waals surface area contributed by atoms with Gasteiger partial charge in [0.05, 0.1) is 13.7 Å². The van der Waals surface area contributed by atoms with Gasteiger partial charge in [-0.3, -0.25) is 4.90 Å². The van der Waals surface area contributed by atoms with E-state index in [0.29, 0.717) is 17.7 Å². The number of ether oxygens (including phenoxy) is 1. The van der Waals surface area contributed by atoms with Crippen LogP contribution in [0.4, 0.5) is 0 Å². The molecule has 4 nitrogen and oxygen atoms in total. The molecule has 3 rings (SSSR count). The standard InChI is InChI=1S/C18H23NO3/c1-13-9-18(14-3-5-15(21-2)6-4-14)19(10-13)11-16-7-8-17(12-20)22-16/h3-8,13,18,20H,9-12H2,1-2H3/t13-,18+/m0/s1. The molecule has 0 bridgehead atoms. The number of aliphatic hydroxyl groups excluding tert-OH is 1. The number of likely N-dealkylation sites (tertiary alicyclic amines) is 1. The quantitative estimate of drug-likeness (QED) is 0.920. The number of aliphatic hydroxyl groups is 1. The van der Waals surface area contributed by atoms with Crippen LogP contribution in [0.15, 0.2) is 40.8 Å². The minimum Gasteiger partial charge on any atom is -0.497 e. The number of rotatable bonds is 5. The first kappa shape index (κ1) is 15.1. The third kappa shape index (κ3) is 3.18. The molecule has 1 aliphatic rings. The third-order valence-corrected chi connectivity index (χ3v) is 4.35. The van der Waals surface area contributed by atoms with Crippen molar-refractivity contribution in [3.8, 4) is 5.75 Å². The topological polar surface area (TPSA) is 45.8 Å². The molecule has 1 fully saturated rings. The van der Waals surface area contributed by atoms with Crippen molar-refractivity contribution in [2.75, 3.05) is 13.7 Å². The number of benzene rings is 1. The van der Waals surface area contributed by atoms with Crippen LogP contribution in [0.5, 0.6) is 5.75 Å². The summed E-state index contributed by atoms with van der Waals surface area (Å²) in [6, 6.07) is 12.5. The largest absolute Gasteiger partial charge is 0.497 e. The Morgan fingerprint density at radius 2 is 1.91 bits per heavy atom. The summed E-state index contributed by atoms with van der Waals surface area (Å²) in [5.74, 6) is 3.10. The minimum atomic E-state index is -0.0433. The molecule has 1 aromatic carbocycles. The van der Waals surface area contributed by atoms with Crippen LogP contribution >= 0.6 is 0 Å². The second-order valence-corrected chi connectivity index (χ2v) is 6.09. The zero-order chi connectivity index (χ0) is 15.5. The lowest BCUT2D eigenvalue weighted by Crippen LogP contribution is -2.23. The fraction of sp³-hybridized carbons (Fsp3) is 0.444. The number of hydrogen-bond acceptors (Lipinski definition) is 4. The fourth-order valence-corrected chi connectivity index (χ4v) is 3.27. The van der Waals surface area contributed by atoms with Gasteiger partial charge in [-0.15, -0.1) is 0 Å². The van der Waals surface area contributed by atoms with E-state index in [4.69, 9.17) is 14.3 Å². The van der Waals surface area contributed by atoms with E-state index in [-0.39, 0.29) is 6.61 Å². The van der Waals surface area contributed by atoms with Crippen molar-refractivity contribution < 1.29 is 14.3 Å². The first-order valence-corrected chi connectivity index (χ1v) is 7.76. The molecule has 1 aromatic heterocycles. The second kappa shape index (κ2) is 6.55. The van der Waals surface area contributed by atoms with Gasteiger partial charge >= 0.3 is 0 Å². The van der Waals surface area contributed by atoms with Crippen molar-refractivity contribution in [1.82, 2.24) is 4.90 Å². The summed E-state index contributed by atoms with van der Waals surface area (Å²) < 4.78 is 10.9. The molecule has 0 aliphatic carbocycles. The van der Waals surface area contributed by atoms with E-state index in [9.17, 15) is 0 Å². The normalized spacial score (nSPS) is 22.1. The summed E-state index contributed by atoms with van der Waals surface area (Å²) in [6.45, 7) is 4.09. The predicted octanol–water partition coefficient (Wildman–Crippen LogP) is 3.36. The monoisotopic (exact) mass is 301 g/mol. The summed E-state index contributed by atoms with van der Waals surface area (Å²) in [5.41, 5.74) is 1.32. The van der Waals surface area contributed by atoms with E-state index >= 15 is 0 Å². The summed E-state index contributed by atoms with van der Waals surface area (Å²) in [5, 5.41) is 9.11. The van der Waals surface area contributed by atoms with Gasteiger partial charge in [0, 0.05) is 12.6 Å². The molecule has 0 saturated carbocycles. The Labute approximate surface area is 131 Å². The van der Waals surface area contributed by atoms with Crippen LogP contribution in [0, 0.1) is 5.92 Å². The smallest absolute Gasteiger partial charge is 0.129 e. The summed E-state index contributed by atoms with van der Waals surface area (Å²) in [4.78, 5) is 2.45. The molecular weight excluding hydrogens is 278 g/mol. The van der Waals surface area contributed by atoms with Gasteiger partial charge in [0.15, 0.2) is 0 Å². The van der Waals surface area contributed by atoms with E-state index in [1.807, 2.05) is 24.3 Å². The van der Waals surface area contributed by atoms with E-state index < -0.39 is 0 Å². The van der Waals surface area contributed by atoms with Crippen molar-refractivity contribution in [2.24, 2.45) is 5.92 Å². The van der Waals surface area contributed by atoms with E-state index in [2.05, 4.69) is 24.0 Å². The van der Waals surface area contributed by atoms with Crippen LogP contribution in [0.3, 0.4) is 0 Å². The number of furan rings is 1. The van der Waals surface area contributed by atoms with Gasteiger partial charge in [-0.2, -0.15) is 0 Å². The van der Waals surface area contributed by atoms with Crippen molar-refractivity contribution in [2.45, 2.75) is 32.5 Å². The molecule has 4 heteroatoms. The van der Waals surface area contributed by atoms with Gasteiger partial charge < -0.3 is 14.3 Å². The maximum Gasteiger partial charge on any atom is 0.129 e. The fourth-order valence-electron chi connectivity index (χ4n) is 3.27. The zero-order valence-electron chi connectivity index (χ0n) is 13.2. The first-order chi connectivity index (χ1) is 10.7. The predicted molar refractivity (Wildman–Crippen MR) is 84.6 cm³/mol. The number of hydrogen-bond donors (Lipinski definition) is 1. The van der Waals surface area contributed by atoms with E-state index in [1.54, 1.807) is 7.11 Å². The van der Waals surface area contributed by atoms with Crippen LogP contribution in [0.2, 0.25) is 0 Å². The van der Waals surface area contributed by atoms with Crippen LogP contribution in [0.25, 0.3) is 0 Å². The lowest BCUT2D eigenvalue weighted by atomic mass is 10.0. The Balaban J connectivity index is 1.76. The van der Waals surface area contributed by atoms with Crippen molar-refractivity contribution in [1.29, 1.82) is 0 Å². The summed E-state index contributed by atoms with van der Waals surface area (Å²) >= 11 is 0. The summed E-state index contributed by atoms with van der Waals surface area (Å²) in [7, 11) is 1.69. The Kier molecular flexibility index (Phi) is 4.50. The lowest BCUT2D eigenvalue weighted by molar-refractivity contribution is 0.208. The molecule has 1 N–H and O–H groups in total. The van der Waals surface area contributed by atoms with Crippen molar-refractivity contribution in [3.05, 3.63) is 53.5 Å². The lowest BCUT2D eigenvalue weighted by Gasteiger charge is -2.24. The molecular formula is C18H23NO3. The maximum absolute atomic E-state index is 9.11. The Morgan fingerprint density at radius 3 is 2.55 bits per heavy atom. The van der Waals surface area contributed by atoms with Crippen molar-refractivity contribution >= 4 is 0 Å². The van der Waals surface area contributed by atoms with Gasteiger partial charge in [0.25, 0.3) is 0 Å². The molecule has 2 heterocycles. The van der Waals surface area contributed by atoms with Crippen LogP contribution in [0.1, 0.15) is 36.5 Å². The number of nitrogens with zero attached hydrogens (tertiary/aromatic N) is 1. The Hall–Kier alpha value is -1.78. The minimum absolute atomic E-state index is 0.0433. The van der Waals surface area contributed by atoms with Crippen LogP contribution in [-0.2, 0) is 13.2 Å². The molecule has 22 heavy (non-hydrogen) atoms. The van der Waals surface area contributed by atoms with Gasteiger partial charge in [-0.05, 0) is 42.2 Å². The molecule has 2 atom stereocenters. The number of methoxy groups -OCH3 is 1. The highest BCUT2D eigenvalue weighted by molar-refractivity contribution is 5.29. The van der Waals surface area contributed by atoms with Gasteiger partial charge in [-0.1, -0.05) is 19.1 Å². The maximum atomic E-state index is 9.11. The van der Waals surface area contributed by atoms with Crippen LogP contribution < -0.4 is 4.74 Å². The molecule has 1 aliphatic heterocycles. The van der Waals surface area contributed by atoms with Gasteiger partial charge in [0.1, 0.15) is 23.9 Å². The first-order valence-electron chi connectivity index (χ1n) is 7.76. The van der Waals surface area contributed by atoms with E-state index in [1.165, 1.54) is 5.56 Å². The highest BCUT2D eigenvalue weighted by atomic mass is 16.5. The molecule has 0 amide bonds. The van der Waals surface area contributed by atoms with Gasteiger partial charge in [0.2, 0.25) is 0 Å². The highest BCUT2D eigenvalue weighted by Gasteiger charge is 2.31. The highest BCUT2D eigenvalue weighted by Crippen LogP contribution is 2.37. The Bertz CT molecular complexity index is 605. The molecule has 1 saturated heterocycles. The van der Waals surface area contributed by atoms with Gasteiger partial charge in [-0.25, -0.2) is 0 Å². The second-order valence-electron chi connectivity index (χ2n) is 6.09. The van der Waals surface area contributed by atoms with Crippen molar-refractivity contribution in [3.63, 3.8) is 0 Å². The zero-order valence-corrected chi connectivity index (χ0v) is 13.2. The molecule has 0 spiro atoms. The van der Waals surface area contributed by atoms with E-state index in [0.717, 1.165) is 31.0 Å².